The summed E-state index contributed by atoms with van der Waals surface area (Å²) in [6.45, 7) is 0.667. The standard InChI is InChI=1S/C25H22FN7O/c1-32(2)14-23-27-25(31-29-23)17-6-11-22-21(13-17)24(30-28-22)16-4-3-5-20(12-16)33(15-34)19-9-7-18(26)8-10-19/h3-13,15H,14H2,1-2H3,(H,28,30)(H,27,29,31). The van der Waals surface area contributed by atoms with Gasteiger partial charge in [-0.15, -0.1) is 0 Å². The average molecular weight is 455 g/mol. The van der Waals surface area contributed by atoms with E-state index < -0.39 is 0 Å². The molecule has 8 nitrogen and oxygen atoms in total. The Morgan fingerprint density at radius 2 is 1.74 bits per heavy atom. The summed E-state index contributed by atoms with van der Waals surface area (Å²) in [7, 11) is 3.95. The second-order valence-electron chi connectivity index (χ2n) is 8.18. The zero-order valence-electron chi connectivity index (χ0n) is 18.7. The molecule has 0 aliphatic carbocycles. The molecule has 0 aliphatic heterocycles. The Labute approximate surface area is 195 Å². The highest BCUT2D eigenvalue weighted by atomic mass is 19.1. The van der Waals surface area contributed by atoms with Crippen molar-refractivity contribution in [3.05, 3.63) is 78.4 Å². The van der Waals surface area contributed by atoms with E-state index in [9.17, 15) is 9.18 Å². The van der Waals surface area contributed by atoms with Crippen molar-refractivity contribution in [2.45, 2.75) is 6.54 Å². The molecule has 0 atom stereocenters. The molecule has 0 saturated carbocycles. The van der Waals surface area contributed by atoms with Crippen molar-refractivity contribution in [2.24, 2.45) is 0 Å². The molecule has 5 aromatic rings. The highest BCUT2D eigenvalue weighted by Gasteiger charge is 2.15. The Kier molecular flexibility index (Phi) is 5.60. The van der Waals surface area contributed by atoms with Crippen molar-refractivity contribution in [1.29, 1.82) is 0 Å². The summed E-state index contributed by atoms with van der Waals surface area (Å²) in [4.78, 5) is 19.9. The van der Waals surface area contributed by atoms with Gasteiger partial charge in [-0.25, -0.2) is 9.37 Å². The van der Waals surface area contributed by atoms with Crippen LogP contribution in [0.15, 0.2) is 66.7 Å². The number of hydrogen-bond donors (Lipinski definition) is 2. The number of amides is 1. The largest absolute Gasteiger partial charge is 0.302 e. The van der Waals surface area contributed by atoms with Gasteiger partial charge in [-0.05, 0) is 68.7 Å². The third kappa shape index (κ3) is 4.16. The molecule has 9 heteroatoms. The van der Waals surface area contributed by atoms with E-state index in [0.717, 1.165) is 33.5 Å². The molecule has 0 radical (unpaired) electrons. The van der Waals surface area contributed by atoms with E-state index >= 15 is 0 Å². The van der Waals surface area contributed by atoms with Gasteiger partial charge in [-0.3, -0.25) is 19.9 Å². The molecule has 0 aliphatic rings. The molecule has 2 heterocycles. The smallest absolute Gasteiger partial charge is 0.218 e. The number of benzene rings is 3. The molecule has 0 spiro atoms. The fraction of sp³-hybridized carbons (Fsp3) is 0.120. The molecule has 5 rings (SSSR count). The lowest BCUT2D eigenvalue weighted by atomic mass is 10.0. The van der Waals surface area contributed by atoms with Crippen LogP contribution in [0.4, 0.5) is 15.8 Å². The van der Waals surface area contributed by atoms with E-state index in [1.54, 1.807) is 12.1 Å². The predicted octanol–water partition coefficient (Wildman–Crippen LogP) is 4.51. The van der Waals surface area contributed by atoms with Crippen LogP contribution in [-0.4, -0.2) is 50.8 Å². The summed E-state index contributed by atoms with van der Waals surface area (Å²) >= 11 is 0. The van der Waals surface area contributed by atoms with Crippen molar-refractivity contribution in [3.63, 3.8) is 0 Å². The summed E-state index contributed by atoms with van der Waals surface area (Å²) < 4.78 is 13.3. The number of nitrogens with zero attached hydrogens (tertiary/aromatic N) is 5. The van der Waals surface area contributed by atoms with Gasteiger partial charge in [-0.1, -0.05) is 12.1 Å². The Hall–Kier alpha value is -4.37. The minimum Gasteiger partial charge on any atom is -0.302 e. The number of rotatable bonds is 7. The van der Waals surface area contributed by atoms with Crippen molar-refractivity contribution in [1.82, 2.24) is 30.3 Å². The van der Waals surface area contributed by atoms with E-state index in [4.69, 9.17) is 0 Å². The number of hydrogen-bond acceptors (Lipinski definition) is 5. The zero-order valence-corrected chi connectivity index (χ0v) is 18.7. The molecule has 170 valence electrons. The molecule has 0 unspecified atom stereocenters. The fourth-order valence-corrected chi connectivity index (χ4v) is 3.84. The molecular formula is C25H22FN7O. The van der Waals surface area contributed by atoms with Gasteiger partial charge in [-0.2, -0.15) is 10.2 Å². The number of anilines is 2. The van der Waals surface area contributed by atoms with E-state index in [2.05, 4.69) is 25.4 Å². The molecule has 0 fully saturated rings. The van der Waals surface area contributed by atoms with E-state index in [1.807, 2.05) is 61.5 Å². The second-order valence-corrected chi connectivity index (χ2v) is 8.18. The maximum absolute atomic E-state index is 13.3. The van der Waals surface area contributed by atoms with Crippen LogP contribution in [0.2, 0.25) is 0 Å². The van der Waals surface area contributed by atoms with Crippen LogP contribution < -0.4 is 4.90 Å². The first-order valence-corrected chi connectivity index (χ1v) is 10.7. The monoisotopic (exact) mass is 455 g/mol. The highest BCUT2D eigenvalue weighted by molar-refractivity contribution is 5.96. The number of H-pyrrole nitrogens is 2. The van der Waals surface area contributed by atoms with Gasteiger partial charge in [0.2, 0.25) is 6.41 Å². The summed E-state index contributed by atoms with van der Waals surface area (Å²) in [5, 5.41) is 15.8. The number of fused-ring (bicyclic) bond motifs is 1. The molecule has 2 aromatic heterocycles. The van der Waals surface area contributed by atoms with E-state index in [-0.39, 0.29) is 5.82 Å². The maximum atomic E-state index is 13.3. The normalized spacial score (nSPS) is 11.3. The fourth-order valence-electron chi connectivity index (χ4n) is 3.84. The van der Waals surface area contributed by atoms with Gasteiger partial charge in [0.1, 0.15) is 11.6 Å². The van der Waals surface area contributed by atoms with Crippen LogP contribution in [0.3, 0.4) is 0 Å². The first-order valence-electron chi connectivity index (χ1n) is 10.7. The van der Waals surface area contributed by atoms with Crippen molar-refractivity contribution in [2.75, 3.05) is 19.0 Å². The van der Waals surface area contributed by atoms with Gasteiger partial charge >= 0.3 is 0 Å². The number of aromatic nitrogens is 5. The SMILES string of the molecule is CN(C)Cc1nc(-c2ccc3[nH]nc(-c4cccc(N(C=O)c5ccc(F)cc5)c4)c3c2)n[nH]1. The number of aromatic amines is 2. The summed E-state index contributed by atoms with van der Waals surface area (Å²) in [5.41, 5.74) is 4.53. The lowest BCUT2D eigenvalue weighted by Crippen LogP contribution is -2.13. The molecule has 0 bridgehead atoms. The zero-order chi connectivity index (χ0) is 23.7. The van der Waals surface area contributed by atoms with Crippen LogP contribution >= 0.6 is 0 Å². The number of carbonyl (C=O) groups is 1. The van der Waals surface area contributed by atoms with E-state index in [1.165, 1.54) is 17.0 Å². The van der Waals surface area contributed by atoms with Crippen LogP contribution in [0, 0.1) is 5.82 Å². The molecule has 1 amide bonds. The third-order valence-electron chi connectivity index (χ3n) is 5.43. The Balaban J connectivity index is 1.52. The number of halogens is 1. The Morgan fingerprint density at radius 3 is 2.50 bits per heavy atom. The molecule has 34 heavy (non-hydrogen) atoms. The van der Waals surface area contributed by atoms with Crippen LogP contribution in [-0.2, 0) is 11.3 Å². The minimum absolute atomic E-state index is 0.359. The highest BCUT2D eigenvalue weighted by Crippen LogP contribution is 2.33. The average Bonchev–Trinajstić information content (AvgIpc) is 3.47. The van der Waals surface area contributed by atoms with Crippen LogP contribution in [0.5, 0.6) is 0 Å². The van der Waals surface area contributed by atoms with Crippen molar-refractivity contribution in [3.8, 4) is 22.6 Å². The lowest BCUT2D eigenvalue weighted by Gasteiger charge is -2.18. The number of nitrogens with one attached hydrogen (secondary N) is 2. The Bertz CT molecular complexity index is 1460. The van der Waals surface area contributed by atoms with Gasteiger partial charge in [0.25, 0.3) is 0 Å². The summed E-state index contributed by atoms with van der Waals surface area (Å²) in [6, 6.07) is 19.2. The summed E-state index contributed by atoms with van der Waals surface area (Å²) in [6.07, 6.45) is 0.710. The maximum Gasteiger partial charge on any atom is 0.218 e. The summed E-state index contributed by atoms with van der Waals surface area (Å²) in [5.74, 6) is 1.04. The van der Waals surface area contributed by atoms with Gasteiger partial charge in [0.05, 0.1) is 17.8 Å². The minimum atomic E-state index is -0.359. The van der Waals surface area contributed by atoms with Crippen molar-refractivity contribution < 1.29 is 9.18 Å². The van der Waals surface area contributed by atoms with Gasteiger partial charge in [0, 0.05) is 27.9 Å². The quantitative estimate of drug-likeness (QED) is 0.352. The second kappa shape index (κ2) is 8.87. The third-order valence-corrected chi connectivity index (χ3v) is 5.43. The topological polar surface area (TPSA) is 93.8 Å². The molecule has 2 N–H and O–H groups in total. The molecule has 3 aromatic carbocycles. The van der Waals surface area contributed by atoms with Crippen LogP contribution in [0.25, 0.3) is 33.5 Å². The van der Waals surface area contributed by atoms with Crippen LogP contribution in [0.1, 0.15) is 5.82 Å². The number of carbonyl (C=O) groups excluding carboxylic acids is 1. The lowest BCUT2D eigenvalue weighted by molar-refractivity contribution is -0.106. The van der Waals surface area contributed by atoms with Crippen molar-refractivity contribution >= 4 is 28.7 Å². The van der Waals surface area contributed by atoms with Gasteiger partial charge in [0.15, 0.2) is 5.82 Å². The van der Waals surface area contributed by atoms with E-state index in [0.29, 0.717) is 30.2 Å². The first-order chi connectivity index (χ1) is 16.5. The molecular weight excluding hydrogens is 433 g/mol. The molecule has 0 saturated heterocycles. The Morgan fingerprint density at radius 1 is 0.912 bits per heavy atom. The first kappa shape index (κ1) is 21.5. The van der Waals surface area contributed by atoms with Gasteiger partial charge < -0.3 is 4.90 Å². The predicted molar refractivity (Wildman–Crippen MR) is 129 cm³/mol.